The molecule has 42 heteroatoms. The van der Waals surface area contributed by atoms with Crippen molar-refractivity contribution in [2.24, 2.45) is 5.73 Å². The van der Waals surface area contributed by atoms with Crippen LogP contribution in [0.3, 0.4) is 0 Å². The molecule has 40 nitrogen and oxygen atoms in total. The number of likely N-dealkylation sites (tertiary alicyclic amines) is 1. The number of carboxylic acid groups (broad SMARTS) is 1. The first-order valence-corrected chi connectivity index (χ1v) is 36.6. The predicted octanol–water partition coefficient (Wildman–Crippen LogP) is -1.56. The van der Waals surface area contributed by atoms with Crippen molar-refractivity contribution < 1.29 is 149 Å². The number of amides is 7. The fourth-order valence-corrected chi connectivity index (χ4v) is 13.6. The number of aromatic nitrogens is 2. The van der Waals surface area contributed by atoms with Gasteiger partial charge in [0.05, 0.1) is 66.5 Å². The first-order chi connectivity index (χ1) is 53.9. The number of benzene rings is 2. The number of aliphatic hydroxyl groups excluding tert-OH is 3. The lowest BCUT2D eigenvalue weighted by Crippen LogP contribution is -2.61. The highest BCUT2D eigenvalue weighted by atomic mass is 32.2. The number of ether oxygens (including phenoxy) is 16. The normalized spacial score (nSPS) is 20.8. The molecule has 10 unspecified atom stereocenters. The summed E-state index contributed by atoms with van der Waals surface area (Å²) in [5, 5.41) is 66.0. The van der Waals surface area contributed by atoms with E-state index < -0.39 is 164 Å². The average molecular weight is 1610 g/mol. The summed E-state index contributed by atoms with van der Waals surface area (Å²) in [6.45, 7) is 1.25. The van der Waals surface area contributed by atoms with Gasteiger partial charge in [0.25, 0.3) is 5.56 Å². The van der Waals surface area contributed by atoms with Crippen molar-refractivity contribution in [1.82, 2.24) is 41.0 Å². The van der Waals surface area contributed by atoms with Crippen LogP contribution in [0, 0.1) is 12.7 Å². The number of aliphatic carboxylic acids is 1. The largest absolute Gasteiger partial charge is 0.479 e. The number of cyclic esters (lactones) is 1. The third kappa shape index (κ3) is 22.2. The van der Waals surface area contributed by atoms with Gasteiger partial charge in [0, 0.05) is 74.3 Å². The van der Waals surface area contributed by atoms with Crippen LogP contribution < -0.4 is 42.6 Å². The summed E-state index contributed by atoms with van der Waals surface area (Å²) in [7, 11) is 1.56. The quantitative estimate of drug-likeness (QED) is 0.00908. The molecule has 2 fully saturated rings. The Morgan fingerprint density at radius 1 is 0.777 bits per heavy atom. The molecule has 9 rings (SSSR count). The van der Waals surface area contributed by atoms with E-state index in [0.29, 0.717) is 53.0 Å². The Morgan fingerprint density at radius 2 is 1.42 bits per heavy atom. The van der Waals surface area contributed by atoms with E-state index in [-0.39, 0.29) is 158 Å². The van der Waals surface area contributed by atoms with Crippen molar-refractivity contribution >= 4 is 76.1 Å². The molecular weight excluding hydrogens is 1510 g/mol. The van der Waals surface area contributed by atoms with Gasteiger partial charge in [0.15, 0.2) is 66.0 Å². The molecule has 4 aliphatic heterocycles. The highest BCUT2D eigenvalue weighted by Gasteiger charge is 2.50. The Kier molecular flexibility index (Phi) is 33.1. The van der Waals surface area contributed by atoms with Gasteiger partial charge in [-0.3, -0.25) is 38.5 Å². The van der Waals surface area contributed by atoms with Gasteiger partial charge in [-0.25, -0.2) is 23.8 Å². The number of carbonyl (C=O) groups excluding carboxylic acids is 8. The van der Waals surface area contributed by atoms with E-state index in [9.17, 15) is 73.5 Å². The molecule has 112 heavy (non-hydrogen) atoms. The number of alkyl carbamates (subject to hydrolysis) is 1. The van der Waals surface area contributed by atoms with Gasteiger partial charge in [-0.1, -0.05) is 19.9 Å². The van der Waals surface area contributed by atoms with E-state index >= 15 is 4.39 Å². The number of imide groups is 1. The fraction of sp³-hybridized carbons (Fsp3) is 0.586. The second kappa shape index (κ2) is 42.5. The maximum Gasteiger partial charge on any atom is 0.407 e. The third-order valence-corrected chi connectivity index (χ3v) is 19.5. The van der Waals surface area contributed by atoms with Gasteiger partial charge in [-0.15, -0.1) is 11.8 Å². The molecule has 0 spiro atoms. The molecule has 1 aliphatic carbocycles. The van der Waals surface area contributed by atoms with Crippen LogP contribution in [-0.2, 0) is 148 Å². The zero-order valence-electron chi connectivity index (χ0n) is 61.7. The summed E-state index contributed by atoms with van der Waals surface area (Å²) >= 11 is 1.20. The van der Waals surface area contributed by atoms with Crippen LogP contribution in [0.5, 0.6) is 5.75 Å². The van der Waals surface area contributed by atoms with Gasteiger partial charge in [-0.2, -0.15) is 0 Å². The van der Waals surface area contributed by atoms with Crippen molar-refractivity contribution in [2.75, 3.05) is 120 Å². The zero-order chi connectivity index (χ0) is 80.6. The van der Waals surface area contributed by atoms with E-state index in [0.717, 1.165) is 4.90 Å². The molecule has 0 saturated carbocycles. The zero-order valence-corrected chi connectivity index (χ0v) is 62.5. The number of nitrogens with two attached hydrogens (primary N) is 1. The van der Waals surface area contributed by atoms with E-state index in [1.165, 1.54) is 46.7 Å². The Balaban J connectivity index is 0.781. The molecule has 2 aromatic carbocycles. The molecule has 2 aromatic heterocycles. The number of rotatable bonds is 47. The summed E-state index contributed by atoms with van der Waals surface area (Å²) in [4.78, 5) is 140. The van der Waals surface area contributed by atoms with Gasteiger partial charge < -0.3 is 138 Å². The maximum atomic E-state index is 15.7. The number of carboxylic acids is 1. The lowest BCUT2D eigenvalue weighted by atomic mass is 9.81. The van der Waals surface area contributed by atoms with Crippen LogP contribution >= 0.6 is 11.8 Å². The van der Waals surface area contributed by atoms with Crippen LogP contribution in [0.25, 0.3) is 22.3 Å². The van der Waals surface area contributed by atoms with Gasteiger partial charge in [-0.05, 0) is 72.4 Å². The fourth-order valence-electron chi connectivity index (χ4n) is 12.7. The average Bonchev–Trinajstić information content (AvgIpc) is 1.49. The van der Waals surface area contributed by atoms with E-state index in [4.69, 9.17) is 86.5 Å². The number of fused-ring (bicyclic) bond motifs is 5. The SMILES string of the molecule is CCSC1CC(=O)N(C(CN)C(=O)NC(CNC(=O)CCOCOCOCOCOCOCOCOCOCOCOCCOC)C(=O)NCCC(=O)NCc2cc(COC(=O)NC3CCc4c(C)c(F)cc5nc6c(c3c45)Cn3c-6cc4c(c3=O)COC(=O)C4(O)CC)ccc2OC2OC(C(=O)O)C(O)C(O)C2O)C1=O. The summed E-state index contributed by atoms with van der Waals surface area (Å²) in [5.41, 5.74) is 6.58. The molecule has 4 aromatic rings. The van der Waals surface area contributed by atoms with E-state index in [1.807, 2.05) is 0 Å². The Morgan fingerprint density at radius 3 is 2.04 bits per heavy atom. The first-order valence-electron chi connectivity index (χ1n) is 35.5. The van der Waals surface area contributed by atoms with Crippen LogP contribution in [0.2, 0.25) is 0 Å². The second-order valence-corrected chi connectivity index (χ2v) is 27.2. The number of methoxy groups -OCH3 is 1. The first kappa shape index (κ1) is 87.4. The van der Waals surface area contributed by atoms with Crippen molar-refractivity contribution in [3.63, 3.8) is 0 Å². The van der Waals surface area contributed by atoms with Crippen LogP contribution in [0.15, 0.2) is 35.1 Å². The minimum atomic E-state index is -2.13. The highest BCUT2D eigenvalue weighted by molar-refractivity contribution is 8.00. The smallest absolute Gasteiger partial charge is 0.407 e. The number of thioether (sulfide) groups is 1. The maximum absolute atomic E-state index is 15.7. The number of carbonyl (C=O) groups is 9. The monoisotopic (exact) mass is 1610 g/mol. The molecule has 0 bridgehead atoms. The number of hydrogen-bond acceptors (Lipinski definition) is 33. The van der Waals surface area contributed by atoms with Crippen LogP contribution in [-0.4, -0.2) is 262 Å². The Hall–Kier alpha value is -8.61. The molecule has 2 saturated heterocycles. The lowest BCUT2D eigenvalue weighted by Gasteiger charge is -2.38. The standard InChI is InChI=1S/C70H92FN9O31S/c1-5-70(95)43-18-48-57-41(24-79(48)64(89)42(43)26-108-68(70)93)56-45(9-8-40-37(3)44(71)19-46(76-57)55(40)56)78-69(94)109-25-38-7-10-50(110-67-60(86)58(84)59(85)61(111-67)66(91)92)39(17-38)22-74-52(81)11-13-73-62(87)47(77-63(88)49(21-72)80-54(83)20-51(65(80)90)112-6-2)23-75-53(82)12-14-97-27-99-29-101-31-103-33-105-35-107-36-106-34-104-32-102-30-100-28-98-16-15-96-4/h7,10,17-19,45,47,49,51,58-61,67,84-86,95H,5-6,8-9,11-16,20-36,72H2,1-4H3,(H,73,87)(H,74,81)(H,75,82)(H,77,88)(H,78,94)(H,91,92). The van der Waals surface area contributed by atoms with Gasteiger partial charge in [0.2, 0.25) is 41.7 Å². The van der Waals surface area contributed by atoms with Gasteiger partial charge >= 0.3 is 18.0 Å². The van der Waals surface area contributed by atoms with Crippen LogP contribution in [0.1, 0.15) is 96.5 Å². The summed E-state index contributed by atoms with van der Waals surface area (Å²) in [6, 6.07) is 2.93. The topological polar surface area (TPSA) is 527 Å². The van der Waals surface area contributed by atoms with Crippen molar-refractivity contribution in [3.8, 4) is 17.1 Å². The molecular formula is C70H92FN9O31S. The number of nitrogens with one attached hydrogen (secondary N) is 5. The molecule has 6 heterocycles. The molecule has 12 N–H and O–H groups in total. The third-order valence-electron chi connectivity index (χ3n) is 18.4. The summed E-state index contributed by atoms with van der Waals surface area (Å²) in [5.74, 6) is -7.51. The Labute approximate surface area is 643 Å². The molecule has 616 valence electrons. The number of halogens is 1. The number of aryl methyl sites for hydroxylation is 1. The highest BCUT2D eigenvalue weighted by Crippen LogP contribution is 2.46. The van der Waals surface area contributed by atoms with Crippen molar-refractivity contribution in [1.29, 1.82) is 0 Å². The number of esters is 1. The molecule has 5 aliphatic rings. The minimum absolute atomic E-state index is 0.0413. The second-order valence-electron chi connectivity index (χ2n) is 25.7. The number of hydrogen-bond donors (Lipinski definition) is 11. The summed E-state index contributed by atoms with van der Waals surface area (Å²) in [6.07, 6.45) is -11.6. The van der Waals surface area contributed by atoms with Crippen LogP contribution in [0.4, 0.5) is 9.18 Å². The predicted molar refractivity (Wildman–Crippen MR) is 377 cm³/mol. The van der Waals surface area contributed by atoms with Gasteiger partial charge in [0.1, 0.15) is 68.8 Å². The molecule has 10 atom stereocenters. The molecule has 7 amide bonds. The van der Waals surface area contributed by atoms with E-state index in [1.54, 1.807) is 27.9 Å². The molecule has 0 radical (unpaired) electrons. The summed E-state index contributed by atoms with van der Waals surface area (Å²) < 4.78 is 101. The minimum Gasteiger partial charge on any atom is -0.479 e. The van der Waals surface area contributed by atoms with Crippen molar-refractivity contribution in [2.45, 2.75) is 145 Å². The number of pyridine rings is 2. The number of aliphatic hydroxyl groups is 4. The van der Waals surface area contributed by atoms with Crippen molar-refractivity contribution in [3.05, 3.63) is 91.0 Å². The lowest BCUT2D eigenvalue weighted by molar-refractivity contribution is -0.271. The number of nitrogens with zero attached hydrogens (tertiary/aromatic N) is 3. The Bertz CT molecular complexity index is 4050. The van der Waals surface area contributed by atoms with E-state index in [2.05, 4.69) is 26.6 Å².